The number of aliphatic imine (C=N–C) groups is 2. The molecule has 0 bridgehead atoms. The minimum atomic E-state index is 0.357. The van der Waals surface area contributed by atoms with Crippen molar-refractivity contribution in [3.8, 4) is 0 Å². The van der Waals surface area contributed by atoms with Crippen LogP contribution in [0.5, 0.6) is 0 Å². The summed E-state index contributed by atoms with van der Waals surface area (Å²) in [6, 6.07) is 0.357. The van der Waals surface area contributed by atoms with E-state index in [-0.39, 0.29) is 0 Å². The Kier molecular flexibility index (Phi) is 6.68. The van der Waals surface area contributed by atoms with Crippen LogP contribution in [0.2, 0.25) is 0 Å². The molecule has 2 aliphatic rings. The van der Waals surface area contributed by atoms with Crippen LogP contribution in [-0.4, -0.2) is 55.6 Å². The zero-order chi connectivity index (χ0) is 14.0. The quantitative estimate of drug-likeness (QED) is 0.687. The summed E-state index contributed by atoms with van der Waals surface area (Å²) < 4.78 is 0. The van der Waals surface area contributed by atoms with Crippen molar-refractivity contribution in [3.05, 3.63) is 24.3 Å². The Bertz CT molecular complexity index is 383. The third-order valence-electron chi connectivity index (χ3n) is 3.69. The van der Waals surface area contributed by atoms with Gasteiger partial charge in [-0.15, -0.1) is 0 Å². The van der Waals surface area contributed by atoms with Crippen molar-refractivity contribution in [1.29, 1.82) is 0 Å². The van der Waals surface area contributed by atoms with Gasteiger partial charge in [-0.2, -0.15) is 0 Å². The Balaban J connectivity index is 1.73. The average molecular weight is 274 g/mol. The van der Waals surface area contributed by atoms with Gasteiger partial charge in [0.15, 0.2) is 0 Å². The Morgan fingerprint density at radius 3 is 2.90 bits per heavy atom. The number of allylic oxidation sites excluding steroid dienone is 2. The Labute approximate surface area is 122 Å². The molecule has 110 valence electrons. The number of rotatable bonds is 8. The molecule has 2 aliphatic heterocycles. The molecular formula is C16H26N4. The molecule has 0 aromatic carbocycles. The zero-order valence-corrected chi connectivity index (χ0v) is 12.2. The second kappa shape index (κ2) is 8.82. The fourth-order valence-corrected chi connectivity index (χ4v) is 2.54. The van der Waals surface area contributed by atoms with Crippen LogP contribution in [0.15, 0.2) is 34.3 Å². The molecule has 0 amide bonds. The smallest absolute Gasteiger partial charge is 0.0688 e. The highest BCUT2D eigenvalue weighted by Gasteiger charge is 2.10. The van der Waals surface area contributed by atoms with Crippen LogP contribution in [0.25, 0.3) is 0 Å². The van der Waals surface area contributed by atoms with Gasteiger partial charge in [0.2, 0.25) is 0 Å². The highest BCUT2D eigenvalue weighted by molar-refractivity contribution is 5.95. The van der Waals surface area contributed by atoms with Crippen LogP contribution in [0.1, 0.15) is 25.7 Å². The molecule has 0 saturated carbocycles. The Morgan fingerprint density at radius 2 is 2.20 bits per heavy atom. The van der Waals surface area contributed by atoms with Gasteiger partial charge in [-0.3, -0.25) is 9.98 Å². The van der Waals surface area contributed by atoms with Crippen molar-refractivity contribution in [2.45, 2.75) is 31.7 Å². The summed E-state index contributed by atoms with van der Waals surface area (Å²) in [5, 5.41) is 0. The molecule has 0 saturated heterocycles. The van der Waals surface area contributed by atoms with Gasteiger partial charge in [-0.25, -0.2) is 0 Å². The lowest BCUT2D eigenvalue weighted by Gasteiger charge is -2.23. The van der Waals surface area contributed by atoms with Crippen LogP contribution in [0.3, 0.4) is 0 Å². The second-order valence-electron chi connectivity index (χ2n) is 5.30. The molecule has 4 nitrogen and oxygen atoms in total. The van der Waals surface area contributed by atoms with Crippen LogP contribution < -0.4 is 5.73 Å². The van der Waals surface area contributed by atoms with Crippen molar-refractivity contribution >= 4 is 11.9 Å². The predicted octanol–water partition coefficient (Wildman–Crippen LogP) is 1.83. The summed E-state index contributed by atoms with van der Waals surface area (Å²) in [6.07, 6.45) is 15.0. The fraction of sp³-hybridized carbons (Fsp3) is 0.625. The lowest BCUT2D eigenvalue weighted by molar-refractivity contribution is 0.282. The Hall–Kier alpha value is -1.26. The molecule has 2 N–H and O–H groups in total. The predicted molar refractivity (Wildman–Crippen MR) is 86.8 cm³/mol. The van der Waals surface area contributed by atoms with Gasteiger partial charge >= 0.3 is 0 Å². The van der Waals surface area contributed by atoms with Crippen molar-refractivity contribution in [2.75, 3.05) is 32.7 Å². The monoisotopic (exact) mass is 274 g/mol. The first-order valence-electron chi connectivity index (χ1n) is 7.69. The van der Waals surface area contributed by atoms with E-state index in [4.69, 9.17) is 5.73 Å². The Morgan fingerprint density at radius 1 is 1.25 bits per heavy atom. The first kappa shape index (κ1) is 15.1. The molecular weight excluding hydrogens is 248 g/mol. The summed E-state index contributed by atoms with van der Waals surface area (Å²) in [5.41, 5.74) is 6.95. The van der Waals surface area contributed by atoms with Gasteiger partial charge in [0.05, 0.1) is 6.04 Å². The van der Waals surface area contributed by atoms with Crippen molar-refractivity contribution in [3.63, 3.8) is 0 Å². The summed E-state index contributed by atoms with van der Waals surface area (Å²) in [6.45, 7) is 4.72. The van der Waals surface area contributed by atoms with E-state index >= 15 is 0 Å². The van der Waals surface area contributed by atoms with Gasteiger partial charge in [-0.1, -0.05) is 18.2 Å². The van der Waals surface area contributed by atoms with E-state index in [1.54, 1.807) is 0 Å². The largest absolute Gasteiger partial charge is 0.329 e. The van der Waals surface area contributed by atoms with Crippen LogP contribution >= 0.6 is 0 Å². The third-order valence-corrected chi connectivity index (χ3v) is 3.69. The van der Waals surface area contributed by atoms with E-state index in [0.717, 1.165) is 51.9 Å². The van der Waals surface area contributed by atoms with E-state index in [2.05, 4.69) is 39.2 Å². The summed E-state index contributed by atoms with van der Waals surface area (Å²) in [7, 11) is 0. The molecule has 0 radical (unpaired) electrons. The highest BCUT2D eigenvalue weighted by Crippen LogP contribution is 2.08. The van der Waals surface area contributed by atoms with E-state index in [1.165, 1.54) is 5.71 Å². The van der Waals surface area contributed by atoms with Crippen molar-refractivity contribution < 1.29 is 0 Å². The maximum Gasteiger partial charge on any atom is 0.0688 e. The highest BCUT2D eigenvalue weighted by atomic mass is 15.1. The first-order chi connectivity index (χ1) is 9.88. The molecule has 0 aromatic rings. The minimum absolute atomic E-state index is 0.357. The van der Waals surface area contributed by atoms with Gasteiger partial charge in [-0.05, 0) is 18.9 Å². The van der Waals surface area contributed by atoms with Gasteiger partial charge in [0.1, 0.15) is 0 Å². The molecule has 0 aromatic heterocycles. The van der Waals surface area contributed by atoms with Crippen molar-refractivity contribution in [1.82, 2.24) is 4.90 Å². The van der Waals surface area contributed by atoms with Crippen LogP contribution in [0, 0.1) is 0 Å². The normalized spacial score (nSPS) is 21.5. The topological polar surface area (TPSA) is 54.0 Å². The summed E-state index contributed by atoms with van der Waals surface area (Å²) in [5.74, 6) is 0. The van der Waals surface area contributed by atoms with Gasteiger partial charge in [0.25, 0.3) is 0 Å². The minimum Gasteiger partial charge on any atom is -0.329 e. The number of hydrogen-bond donors (Lipinski definition) is 1. The molecule has 20 heavy (non-hydrogen) atoms. The molecule has 4 heteroatoms. The van der Waals surface area contributed by atoms with Crippen LogP contribution in [0.4, 0.5) is 0 Å². The van der Waals surface area contributed by atoms with E-state index in [1.807, 2.05) is 6.21 Å². The molecule has 1 atom stereocenters. The number of nitrogens with zero attached hydrogens (tertiary/aromatic N) is 3. The first-order valence-corrected chi connectivity index (χ1v) is 7.69. The second-order valence-corrected chi connectivity index (χ2v) is 5.30. The molecule has 0 fully saturated rings. The average Bonchev–Trinajstić information content (AvgIpc) is 2.52. The maximum absolute atomic E-state index is 5.72. The van der Waals surface area contributed by atoms with E-state index in [9.17, 15) is 0 Å². The number of nitrogens with two attached hydrogens (primary N) is 1. The fourth-order valence-electron chi connectivity index (χ4n) is 2.54. The van der Waals surface area contributed by atoms with Crippen LogP contribution in [-0.2, 0) is 0 Å². The lowest BCUT2D eigenvalue weighted by atomic mass is 10.1. The molecule has 0 spiro atoms. The molecule has 0 aliphatic carbocycles. The summed E-state index contributed by atoms with van der Waals surface area (Å²) >= 11 is 0. The van der Waals surface area contributed by atoms with E-state index in [0.29, 0.717) is 12.6 Å². The number of hydrogen-bond acceptors (Lipinski definition) is 4. The summed E-state index contributed by atoms with van der Waals surface area (Å²) in [4.78, 5) is 11.5. The zero-order valence-electron chi connectivity index (χ0n) is 12.2. The molecule has 1 unspecified atom stereocenters. The lowest BCUT2D eigenvalue weighted by Crippen LogP contribution is -2.33. The number of dihydropyridines is 2. The van der Waals surface area contributed by atoms with Gasteiger partial charge < -0.3 is 10.6 Å². The van der Waals surface area contributed by atoms with Gasteiger partial charge in [0, 0.05) is 57.5 Å². The van der Waals surface area contributed by atoms with E-state index < -0.39 is 0 Å². The maximum atomic E-state index is 5.72. The molecule has 2 heterocycles. The molecule has 2 rings (SSSR count). The standard InChI is InChI=1S/C16H26N4/c17-9-14-20(12-7-15-5-1-3-10-18-15)13-8-16-6-2-4-11-19-16/h1-2,5-6,10,15H,3-4,7-9,11-14,17H2. The third kappa shape index (κ3) is 5.39. The van der Waals surface area contributed by atoms with Crippen molar-refractivity contribution in [2.24, 2.45) is 15.7 Å². The SMILES string of the molecule is NCCN(CCC1=NCCC=C1)CCC1C=CCC=N1.